The number of carbonyl (C=O) groups excluding carboxylic acids is 4. The predicted octanol–water partition coefficient (Wildman–Crippen LogP) is 4.83. The average Bonchev–Trinajstić information content (AvgIpc) is 3.20. The van der Waals surface area contributed by atoms with Gasteiger partial charge in [-0.2, -0.15) is 0 Å². The molecular formula is C31H52BNO8. The number of carbonyl (C=O) groups is 4. The number of amides is 1. The number of rotatable bonds is 14. The fraction of sp³-hybridized carbons (Fsp3) is 0.871. The number of nitrogens with one attached hydrogen (secondary N) is 1. The first-order valence-electron chi connectivity index (χ1n) is 15.5. The summed E-state index contributed by atoms with van der Waals surface area (Å²) in [5.41, 5.74) is -0.887. The molecule has 6 atom stereocenters. The minimum atomic E-state index is -0.767. The van der Waals surface area contributed by atoms with Crippen molar-refractivity contribution in [1.82, 2.24) is 5.32 Å². The van der Waals surface area contributed by atoms with Gasteiger partial charge in [-0.15, -0.1) is 0 Å². The summed E-state index contributed by atoms with van der Waals surface area (Å²) in [4.78, 5) is 50.7. The van der Waals surface area contributed by atoms with Crippen LogP contribution in [0, 0.1) is 29.1 Å². The van der Waals surface area contributed by atoms with Crippen molar-refractivity contribution >= 4 is 30.7 Å². The van der Waals surface area contributed by atoms with E-state index in [-0.39, 0.29) is 67.8 Å². The van der Waals surface area contributed by atoms with Gasteiger partial charge in [0.2, 0.25) is 5.91 Å². The van der Waals surface area contributed by atoms with Crippen molar-refractivity contribution in [3.63, 3.8) is 0 Å². The van der Waals surface area contributed by atoms with E-state index in [1.165, 1.54) is 0 Å². The Balaban J connectivity index is 1.70. The summed E-state index contributed by atoms with van der Waals surface area (Å²) in [5, 5.41) is 3.14. The Morgan fingerprint density at radius 3 is 2.29 bits per heavy atom. The molecule has 0 aromatic heterocycles. The molecule has 3 saturated carbocycles. The molecule has 0 radical (unpaired) electrons. The lowest BCUT2D eigenvalue weighted by molar-refractivity contribution is -0.199. The van der Waals surface area contributed by atoms with Gasteiger partial charge in [0.15, 0.2) is 0 Å². The number of ketones is 1. The number of hydrogen-bond donors (Lipinski definition) is 1. The summed E-state index contributed by atoms with van der Waals surface area (Å²) >= 11 is 0. The Morgan fingerprint density at radius 2 is 1.71 bits per heavy atom. The predicted molar refractivity (Wildman–Crippen MR) is 156 cm³/mol. The molecule has 1 heterocycles. The highest BCUT2D eigenvalue weighted by atomic mass is 16.7. The monoisotopic (exact) mass is 577 g/mol. The van der Waals surface area contributed by atoms with Gasteiger partial charge >= 0.3 is 19.1 Å². The van der Waals surface area contributed by atoms with Crippen LogP contribution in [-0.4, -0.2) is 60.6 Å². The lowest BCUT2D eigenvalue weighted by Crippen LogP contribution is -2.65. The summed E-state index contributed by atoms with van der Waals surface area (Å²) in [6.45, 7) is 18.3. The van der Waals surface area contributed by atoms with E-state index in [1.54, 1.807) is 27.7 Å². The molecule has 2 bridgehead atoms. The van der Waals surface area contributed by atoms with Gasteiger partial charge in [0.05, 0.1) is 37.1 Å². The minimum absolute atomic E-state index is 0.00101. The Labute approximate surface area is 246 Å². The second kappa shape index (κ2) is 13.1. The third-order valence-corrected chi connectivity index (χ3v) is 9.24. The molecule has 1 saturated heterocycles. The van der Waals surface area contributed by atoms with Crippen LogP contribution in [0.15, 0.2) is 0 Å². The van der Waals surface area contributed by atoms with E-state index < -0.39 is 42.1 Å². The fourth-order valence-corrected chi connectivity index (χ4v) is 6.96. The maximum absolute atomic E-state index is 13.7. The molecule has 4 fully saturated rings. The molecule has 0 aromatic carbocycles. The quantitative estimate of drug-likeness (QED) is 0.231. The van der Waals surface area contributed by atoms with E-state index in [9.17, 15) is 19.2 Å². The zero-order valence-electron chi connectivity index (χ0n) is 26.7. The van der Waals surface area contributed by atoms with Crippen LogP contribution in [0.1, 0.15) is 114 Å². The van der Waals surface area contributed by atoms with Gasteiger partial charge in [-0.05, 0) is 83.5 Å². The summed E-state index contributed by atoms with van der Waals surface area (Å²) in [7, 11) is -0.583. The van der Waals surface area contributed by atoms with Crippen LogP contribution < -0.4 is 5.32 Å². The van der Waals surface area contributed by atoms with Crippen molar-refractivity contribution in [2.45, 2.75) is 137 Å². The average molecular weight is 578 g/mol. The zero-order chi connectivity index (χ0) is 30.8. The number of hydrogen-bond acceptors (Lipinski definition) is 8. The van der Waals surface area contributed by atoms with E-state index >= 15 is 0 Å². The third-order valence-electron chi connectivity index (χ3n) is 9.24. The van der Waals surface area contributed by atoms with Gasteiger partial charge in [-0.1, -0.05) is 27.7 Å². The first kappa shape index (κ1) is 33.6. The highest BCUT2D eigenvalue weighted by Crippen LogP contribution is 2.65. The molecule has 1 N–H and O–H groups in total. The Morgan fingerprint density at radius 1 is 1.02 bits per heavy atom. The van der Waals surface area contributed by atoms with Crippen molar-refractivity contribution in [2.75, 3.05) is 6.61 Å². The lowest BCUT2D eigenvalue weighted by Gasteiger charge is -2.64. The molecule has 1 amide bonds. The topological polar surface area (TPSA) is 117 Å². The molecule has 4 rings (SSSR count). The van der Waals surface area contributed by atoms with Crippen molar-refractivity contribution < 1.29 is 38.0 Å². The highest BCUT2D eigenvalue weighted by molar-refractivity contribution is 6.47. The molecule has 3 aliphatic carbocycles. The van der Waals surface area contributed by atoms with Gasteiger partial charge in [0.1, 0.15) is 11.4 Å². The maximum atomic E-state index is 13.7. The van der Waals surface area contributed by atoms with Crippen LogP contribution in [0.3, 0.4) is 0 Å². The Hall–Kier alpha value is -1.94. The fourth-order valence-electron chi connectivity index (χ4n) is 6.96. The smallest absolute Gasteiger partial charge is 0.466 e. The molecule has 232 valence electrons. The van der Waals surface area contributed by atoms with Crippen molar-refractivity contribution in [3.8, 4) is 0 Å². The van der Waals surface area contributed by atoms with Gasteiger partial charge in [-0.3, -0.25) is 19.2 Å². The van der Waals surface area contributed by atoms with Crippen LogP contribution in [0.25, 0.3) is 0 Å². The summed E-state index contributed by atoms with van der Waals surface area (Å²) in [5.74, 6) is -1.27. The van der Waals surface area contributed by atoms with Crippen LogP contribution in [0.2, 0.25) is 0 Å². The Bertz CT molecular complexity index is 976. The summed E-state index contributed by atoms with van der Waals surface area (Å²) < 4.78 is 23.6. The van der Waals surface area contributed by atoms with Gasteiger partial charge in [0.25, 0.3) is 0 Å². The molecule has 0 unspecified atom stereocenters. The van der Waals surface area contributed by atoms with E-state index in [1.807, 2.05) is 0 Å². The largest absolute Gasteiger partial charge is 0.481 e. The van der Waals surface area contributed by atoms with E-state index in [2.05, 4.69) is 39.9 Å². The second-order valence-corrected chi connectivity index (χ2v) is 14.5. The van der Waals surface area contributed by atoms with Crippen LogP contribution in [0.5, 0.6) is 0 Å². The van der Waals surface area contributed by atoms with Gasteiger partial charge < -0.3 is 24.1 Å². The van der Waals surface area contributed by atoms with E-state index in [0.717, 1.165) is 12.8 Å². The summed E-state index contributed by atoms with van der Waals surface area (Å²) in [6, 6.07) is 0. The number of ether oxygens (including phenoxy) is 2. The van der Waals surface area contributed by atoms with Crippen molar-refractivity contribution in [3.05, 3.63) is 0 Å². The molecule has 41 heavy (non-hydrogen) atoms. The SMILES string of the molecule is CCOC(=O)CCC(=O)CC[C@H](CC(=O)OC(C)(C)C)C(=O)N[C@@H](CC(C)C)B1O[C@@H]2C[C@@H]3C[C@@H](C3(C)C)[C@]2(C)O1. The standard InChI is InChI=1S/C31H52BNO8/c1-10-38-26(35)14-13-22(34)12-11-20(16-27(36)39-29(4,5)6)28(37)33-25(15-19(2)3)32-40-24-18-21-17-23(30(21,7)8)31(24,9)41-32/h19-21,23-25H,10-18H2,1-9H3,(H,33,37)/t20-,21+,23+,24-,25+,31+/m1/s1. The van der Waals surface area contributed by atoms with E-state index in [4.69, 9.17) is 18.8 Å². The van der Waals surface area contributed by atoms with Crippen LogP contribution in [-0.2, 0) is 38.0 Å². The molecule has 0 aromatic rings. The molecule has 4 aliphatic rings. The molecule has 1 aliphatic heterocycles. The van der Waals surface area contributed by atoms with Crippen molar-refractivity contribution in [2.24, 2.45) is 29.1 Å². The van der Waals surface area contributed by atoms with Crippen LogP contribution >= 0.6 is 0 Å². The third kappa shape index (κ3) is 8.34. The lowest BCUT2D eigenvalue weighted by atomic mass is 9.43. The van der Waals surface area contributed by atoms with Gasteiger partial charge in [-0.25, -0.2) is 0 Å². The zero-order valence-corrected chi connectivity index (χ0v) is 26.7. The first-order chi connectivity index (χ1) is 19.0. The molecule has 0 spiro atoms. The maximum Gasteiger partial charge on any atom is 0.481 e. The Kier molecular flexibility index (Phi) is 10.8. The van der Waals surface area contributed by atoms with E-state index in [0.29, 0.717) is 18.3 Å². The highest BCUT2D eigenvalue weighted by Gasteiger charge is 2.68. The minimum Gasteiger partial charge on any atom is -0.466 e. The number of Topliss-reactive ketones (excluding diaryl/α,β-unsaturated/α-hetero) is 1. The van der Waals surface area contributed by atoms with Crippen LogP contribution in [0.4, 0.5) is 0 Å². The summed E-state index contributed by atoms with van der Waals surface area (Å²) in [6.07, 6.45) is 2.87. The van der Waals surface area contributed by atoms with Crippen molar-refractivity contribution in [1.29, 1.82) is 0 Å². The first-order valence-corrected chi connectivity index (χ1v) is 15.5. The normalized spacial score (nSPS) is 27.9. The van der Waals surface area contributed by atoms with Gasteiger partial charge in [0, 0.05) is 18.8 Å². The number of esters is 2. The second-order valence-electron chi connectivity index (χ2n) is 14.5. The molecular weight excluding hydrogens is 525 g/mol. The molecule has 10 heteroatoms. The molecule has 9 nitrogen and oxygen atoms in total.